The van der Waals surface area contributed by atoms with Gasteiger partial charge in [-0.05, 0) is 12.1 Å². The molecule has 0 atom stereocenters. The Morgan fingerprint density at radius 3 is 2.50 bits per heavy atom. The van der Waals surface area contributed by atoms with Crippen LogP contribution in [0.5, 0.6) is 0 Å². The van der Waals surface area contributed by atoms with E-state index in [4.69, 9.17) is 5.73 Å². The lowest BCUT2D eigenvalue weighted by Crippen LogP contribution is -2.40. The minimum Gasteiger partial charge on any atom is -0.354 e. The van der Waals surface area contributed by atoms with Gasteiger partial charge in [0.05, 0.1) is 13.1 Å². The van der Waals surface area contributed by atoms with Crippen molar-refractivity contribution in [2.45, 2.75) is 4.90 Å². The summed E-state index contributed by atoms with van der Waals surface area (Å²) in [6.45, 7) is 0.445. The van der Waals surface area contributed by atoms with E-state index in [0.29, 0.717) is 6.54 Å². The Bertz CT molecular complexity index is 384. The fourth-order valence-corrected chi connectivity index (χ4v) is 1.98. The van der Waals surface area contributed by atoms with Gasteiger partial charge in [-0.1, -0.05) is 18.2 Å². The van der Waals surface area contributed by atoms with Gasteiger partial charge in [0.25, 0.3) is 0 Å². The van der Waals surface area contributed by atoms with Gasteiger partial charge < -0.3 is 16.4 Å². The summed E-state index contributed by atoms with van der Waals surface area (Å²) in [6.07, 6.45) is 0. The van der Waals surface area contributed by atoms with Crippen LogP contribution in [0, 0.1) is 0 Å². The van der Waals surface area contributed by atoms with Crippen LogP contribution in [0.4, 0.5) is 0 Å². The molecule has 1 aromatic rings. The minimum atomic E-state index is -0.330. The predicted octanol–water partition coefficient (Wildman–Crippen LogP) is -0.0302. The molecule has 18 heavy (non-hydrogen) atoms. The average Bonchev–Trinajstić information content (AvgIpc) is 2.42. The highest BCUT2D eigenvalue weighted by atomic mass is 32.2. The zero-order valence-electron chi connectivity index (χ0n) is 10.0. The van der Waals surface area contributed by atoms with Gasteiger partial charge >= 0.3 is 0 Å². The zero-order valence-corrected chi connectivity index (χ0v) is 10.8. The molecule has 0 radical (unpaired) electrons. The second-order valence-electron chi connectivity index (χ2n) is 3.49. The molecule has 1 rings (SSSR count). The normalized spacial score (nSPS) is 9.83. The van der Waals surface area contributed by atoms with Crippen LogP contribution in [0.15, 0.2) is 35.2 Å². The molecule has 2 amide bonds. The smallest absolute Gasteiger partial charge is 0.239 e. The van der Waals surface area contributed by atoms with Crippen molar-refractivity contribution in [2.75, 3.05) is 25.4 Å². The first kappa shape index (κ1) is 14.5. The standard InChI is InChI=1S/C12H17N3O2S/c13-8-11(16)15-9-12(17)14-6-7-18-10-4-2-1-3-5-10/h1-5H,6-9,13H2,(H,14,17)(H,15,16). The quantitative estimate of drug-likeness (QED) is 0.478. The van der Waals surface area contributed by atoms with Gasteiger partial charge in [-0.2, -0.15) is 0 Å². The van der Waals surface area contributed by atoms with Crippen molar-refractivity contribution in [3.05, 3.63) is 30.3 Å². The molecular formula is C12H17N3O2S. The number of nitrogens with one attached hydrogen (secondary N) is 2. The van der Waals surface area contributed by atoms with Gasteiger partial charge in [-0.3, -0.25) is 9.59 Å². The molecule has 0 aliphatic carbocycles. The van der Waals surface area contributed by atoms with E-state index in [1.165, 1.54) is 4.90 Å². The van der Waals surface area contributed by atoms with E-state index in [9.17, 15) is 9.59 Å². The number of nitrogens with two attached hydrogens (primary N) is 1. The van der Waals surface area contributed by atoms with E-state index in [1.807, 2.05) is 30.3 Å². The summed E-state index contributed by atoms with van der Waals surface area (Å²) in [6, 6.07) is 9.96. The first-order valence-corrected chi connectivity index (χ1v) is 6.62. The number of benzene rings is 1. The fourth-order valence-electron chi connectivity index (χ4n) is 1.19. The topological polar surface area (TPSA) is 84.2 Å². The summed E-state index contributed by atoms with van der Waals surface area (Å²) in [4.78, 5) is 23.3. The molecule has 0 aromatic heterocycles. The summed E-state index contributed by atoms with van der Waals surface area (Å²) < 4.78 is 0. The number of thioether (sulfide) groups is 1. The van der Waals surface area contributed by atoms with Crippen molar-refractivity contribution in [3.8, 4) is 0 Å². The number of carbonyl (C=O) groups is 2. The molecule has 0 bridgehead atoms. The Kier molecular flexibility index (Phi) is 6.90. The van der Waals surface area contributed by atoms with Crippen LogP contribution in [0.25, 0.3) is 0 Å². The van der Waals surface area contributed by atoms with Gasteiger partial charge in [0.1, 0.15) is 0 Å². The van der Waals surface area contributed by atoms with Crippen LogP contribution in [-0.4, -0.2) is 37.2 Å². The Labute approximate surface area is 111 Å². The highest BCUT2D eigenvalue weighted by molar-refractivity contribution is 7.99. The third-order valence-electron chi connectivity index (χ3n) is 2.07. The molecule has 0 heterocycles. The third kappa shape index (κ3) is 6.27. The Morgan fingerprint density at radius 1 is 1.11 bits per heavy atom. The van der Waals surface area contributed by atoms with Crippen molar-refractivity contribution in [1.82, 2.24) is 10.6 Å². The maximum Gasteiger partial charge on any atom is 0.239 e. The van der Waals surface area contributed by atoms with Gasteiger partial charge in [-0.15, -0.1) is 11.8 Å². The van der Waals surface area contributed by atoms with E-state index in [-0.39, 0.29) is 24.9 Å². The molecule has 0 aliphatic rings. The number of rotatable bonds is 7. The number of carbonyl (C=O) groups excluding carboxylic acids is 2. The molecule has 5 nitrogen and oxygen atoms in total. The van der Waals surface area contributed by atoms with Crippen LogP contribution in [-0.2, 0) is 9.59 Å². The number of amides is 2. The Hall–Kier alpha value is -1.53. The van der Waals surface area contributed by atoms with Crippen LogP contribution < -0.4 is 16.4 Å². The first-order chi connectivity index (χ1) is 8.72. The molecular weight excluding hydrogens is 250 g/mol. The highest BCUT2D eigenvalue weighted by Crippen LogP contribution is 2.15. The van der Waals surface area contributed by atoms with Gasteiger partial charge in [0.2, 0.25) is 11.8 Å². The molecule has 0 spiro atoms. The van der Waals surface area contributed by atoms with E-state index in [0.717, 1.165) is 5.75 Å². The van der Waals surface area contributed by atoms with Gasteiger partial charge in [0, 0.05) is 17.2 Å². The molecule has 6 heteroatoms. The van der Waals surface area contributed by atoms with E-state index in [2.05, 4.69) is 10.6 Å². The summed E-state index contributed by atoms with van der Waals surface area (Å²) in [5.41, 5.74) is 5.10. The minimum absolute atomic E-state index is 0.0218. The largest absolute Gasteiger partial charge is 0.354 e. The second kappa shape index (κ2) is 8.54. The number of hydrogen-bond donors (Lipinski definition) is 3. The SMILES string of the molecule is NCC(=O)NCC(=O)NCCSc1ccccc1. The number of hydrogen-bond acceptors (Lipinski definition) is 4. The van der Waals surface area contributed by atoms with Crippen molar-refractivity contribution in [2.24, 2.45) is 5.73 Å². The van der Waals surface area contributed by atoms with Crippen LogP contribution >= 0.6 is 11.8 Å². The lowest BCUT2D eigenvalue weighted by Gasteiger charge is -2.06. The summed E-state index contributed by atoms with van der Waals surface area (Å²) in [5, 5.41) is 5.12. The summed E-state index contributed by atoms with van der Waals surface area (Å²) in [7, 11) is 0. The molecule has 4 N–H and O–H groups in total. The van der Waals surface area contributed by atoms with Crippen LogP contribution in [0.2, 0.25) is 0 Å². The van der Waals surface area contributed by atoms with Crippen molar-refractivity contribution < 1.29 is 9.59 Å². The van der Waals surface area contributed by atoms with E-state index < -0.39 is 0 Å². The van der Waals surface area contributed by atoms with E-state index in [1.54, 1.807) is 11.8 Å². The first-order valence-electron chi connectivity index (χ1n) is 5.63. The van der Waals surface area contributed by atoms with Crippen molar-refractivity contribution >= 4 is 23.6 Å². The third-order valence-corrected chi connectivity index (χ3v) is 3.08. The van der Waals surface area contributed by atoms with Crippen molar-refractivity contribution in [3.63, 3.8) is 0 Å². The maximum atomic E-state index is 11.3. The molecule has 0 unspecified atom stereocenters. The average molecular weight is 267 g/mol. The van der Waals surface area contributed by atoms with Crippen molar-refractivity contribution in [1.29, 1.82) is 0 Å². The van der Waals surface area contributed by atoms with Crippen LogP contribution in [0.3, 0.4) is 0 Å². The summed E-state index contributed by atoms with van der Waals surface area (Å²) in [5.74, 6) is 0.259. The molecule has 1 aromatic carbocycles. The van der Waals surface area contributed by atoms with Crippen LogP contribution in [0.1, 0.15) is 0 Å². The zero-order chi connectivity index (χ0) is 13.2. The molecule has 0 saturated heterocycles. The monoisotopic (exact) mass is 267 g/mol. The lowest BCUT2D eigenvalue weighted by molar-refractivity contribution is -0.125. The molecule has 0 saturated carbocycles. The van der Waals surface area contributed by atoms with Gasteiger partial charge in [-0.25, -0.2) is 0 Å². The highest BCUT2D eigenvalue weighted by Gasteiger charge is 2.02. The van der Waals surface area contributed by atoms with E-state index >= 15 is 0 Å². The molecule has 98 valence electrons. The second-order valence-corrected chi connectivity index (χ2v) is 4.66. The van der Waals surface area contributed by atoms with Gasteiger partial charge in [0.15, 0.2) is 0 Å². The maximum absolute atomic E-state index is 11.3. The lowest BCUT2D eigenvalue weighted by atomic mass is 10.4. The molecule has 0 aliphatic heterocycles. The summed E-state index contributed by atoms with van der Waals surface area (Å²) >= 11 is 1.67. The fraction of sp³-hybridized carbons (Fsp3) is 0.333. The Morgan fingerprint density at radius 2 is 1.83 bits per heavy atom. The predicted molar refractivity (Wildman–Crippen MR) is 72.2 cm³/mol. The molecule has 0 fully saturated rings. The Balaban J connectivity index is 2.07.